The molecule has 0 atom stereocenters. The summed E-state index contributed by atoms with van der Waals surface area (Å²) in [5, 5.41) is 17.7. The van der Waals surface area contributed by atoms with E-state index in [-0.39, 0.29) is 11.0 Å². The van der Waals surface area contributed by atoms with Gasteiger partial charge in [0.1, 0.15) is 23.0 Å². The van der Waals surface area contributed by atoms with Gasteiger partial charge in [-0.15, -0.1) is 0 Å². The number of aromatic nitrogens is 2. The first-order chi connectivity index (χ1) is 14.2. The van der Waals surface area contributed by atoms with E-state index in [2.05, 4.69) is 26.1 Å². The third-order valence-corrected chi connectivity index (χ3v) is 4.59. The van der Waals surface area contributed by atoms with E-state index in [9.17, 15) is 9.90 Å². The molecule has 2 N–H and O–H groups in total. The fourth-order valence-electron chi connectivity index (χ4n) is 3.00. The summed E-state index contributed by atoms with van der Waals surface area (Å²) < 4.78 is 12.7. The highest BCUT2D eigenvalue weighted by atomic mass is 16.5. The zero-order valence-corrected chi connectivity index (χ0v) is 17.9. The molecule has 0 amide bonds. The Balaban J connectivity index is 2.14. The molecule has 2 aromatic carbocycles. The molecule has 0 fully saturated rings. The third-order valence-electron chi connectivity index (χ3n) is 4.59. The summed E-state index contributed by atoms with van der Waals surface area (Å²) in [6.45, 7) is 8.68. The molecule has 3 rings (SSSR count). The maximum absolute atomic E-state index is 11.8. The average Bonchev–Trinajstić information content (AvgIpc) is 3.13. The van der Waals surface area contributed by atoms with Crippen LogP contribution in [0.5, 0.6) is 11.5 Å². The minimum absolute atomic E-state index is 0.109. The van der Waals surface area contributed by atoms with Gasteiger partial charge in [-0.05, 0) is 37.3 Å². The van der Waals surface area contributed by atoms with E-state index >= 15 is 0 Å². The van der Waals surface area contributed by atoms with E-state index in [1.54, 1.807) is 16.8 Å². The summed E-state index contributed by atoms with van der Waals surface area (Å²) in [5.41, 5.74) is 1.98. The molecule has 7 nitrogen and oxygen atoms in total. The Morgan fingerprint density at radius 1 is 1.17 bits per heavy atom. The van der Waals surface area contributed by atoms with Gasteiger partial charge >= 0.3 is 5.97 Å². The van der Waals surface area contributed by atoms with Crippen molar-refractivity contribution in [2.45, 2.75) is 33.1 Å². The summed E-state index contributed by atoms with van der Waals surface area (Å²) >= 11 is 0. The van der Waals surface area contributed by atoms with Crippen molar-refractivity contribution in [2.24, 2.45) is 0 Å². The van der Waals surface area contributed by atoms with Crippen molar-refractivity contribution in [1.82, 2.24) is 9.78 Å². The number of nitrogens with one attached hydrogen (secondary N) is 1. The monoisotopic (exact) mass is 409 g/mol. The third kappa shape index (κ3) is 4.40. The van der Waals surface area contributed by atoms with Gasteiger partial charge in [-0.2, -0.15) is 5.10 Å². The average molecular weight is 409 g/mol. The Bertz CT molecular complexity index is 1050. The molecule has 30 heavy (non-hydrogen) atoms. The fourth-order valence-corrected chi connectivity index (χ4v) is 3.00. The Morgan fingerprint density at radius 3 is 2.53 bits per heavy atom. The number of hydrogen-bond acceptors (Lipinski definition) is 5. The van der Waals surface area contributed by atoms with Gasteiger partial charge in [-0.25, -0.2) is 9.48 Å². The maximum atomic E-state index is 11.8. The first kappa shape index (κ1) is 21.2. The summed E-state index contributed by atoms with van der Waals surface area (Å²) in [5.74, 6) is 0.760. The van der Waals surface area contributed by atoms with Gasteiger partial charge in [0, 0.05) is 11.5 Å². The molecule has 0 aliphatic rings. The lowest BCUT2D eigenvalue weighted by atomic mass is 9.92. The Hall–Kier alpha value is -3.48. The van der Waals surface area contributed by atoms with Crippen molar-refractivity contribution in [2.75, 3.05) is 19.0 Å². The maximum Gasteiger partial charge on any atom is 0.337 e. The van der Waals surface area contributed by atoms with Crippen LogP contribution >= 0.6 is 0 Å². The molecule has 0 bridgehead atoms. The van der Waals surface area contributed by atoms with E-state index in [0.717, 1.165) is 11.4 Å². The van der Waals surface area contributed by atoms with E-state index in [4.69, 9.17) is 14.6 Å². The van der Waals surface area contributed by atoms with Crippen LogP contribution in [0.15, 0.2) is 48.5 Å². The van der Waals surface area contributed by atoms with Gasteiger partial charge < -0.3 is 19.9 Å². The molecule has 1 heterocycles. The van der Waals surface area contributed by atoms with Crippen molar-refractivity contribution < 1.29 is 19.4 Å². The van der Waals surface area contributed by atoms with Gasteiger partial charge in [0.05, 0.1) is 30.7 Å². The number of rotatable bonds is 7. The summed E-state index contributed by atoms with van der Waals surface area (Å²) in [6.07, 6.45) is 0. The summed E-state index contributed by atoms with van der Waals surface area (Å²) in [4.78, 5) is 11.8. The quantitative estimate of drug-likeness (QED) is 0.570. The summed E-state index contributed by atoms with van der Waals surface area (Å²) in [7, 11) is 1.50. The number of carbonyl (C=O) groups is 1. The molecule has 0 saturated heterocycles. The van der Waals surface area contributed by atoms with Gasteiger partial charge in [0.25, 0.3) is 0 Å². The van der Waals surface area contributed by atoms with Gasteiger partial charge in [-0.1, -0.05) is 32.9 Å². The molecule has 0 aliphatic carbocycles. The molecule has 3 aromatic rings. The molecule has 158 valence electrons. The number of carboxylic acids is 1. The van der Waals surface area contributed by atoms with Gasteiger partial charge in [0.15, 0.2) is 0 Å². The topological polar surface area (TPSA) is 85.6 Å². The van der Waals surface area contributed by atoms with Crippen LogP contribution < -0.4 is 14.8 Å². The van der Waals surface area contributed by atoms with Crippen molar-refractivity contribution in [3.05, 3.63) is 59.8 Å². The number of ether oxygens (including phenoxy) is 2. The lowest BCUT2D eigenvalue weighted by molar-refractivity contribution is 0.0697. The minimum atomic E-state index is -1.05. The van der Waals surface area contributed by atoms with E-state index in [1.165, 1.54) is 13.2 Å². The van der Waals surface area contributed by atoms with E-state index in [0.29, 0.717) is 29.6 Å². The number of carboxylic acid groups (broad SMARTS) is 1. The molecule has 7 heteroatoms. The smallest absolute Gasteiger partial charge is 0.337 e. The molecular formula is C23H27N3O4. The second-order valence-corrected chi connectivity index (χ2v) is 7.82. The molecule has 0 unspecified atom stereocenters. The number of anilines is 2. The van der Waals surface area contributed by atoms with Gasteiger partial charge in [0.2, 0.25) is 0 Å². The molecule has 0 spiro atoms. The molecule has 0 aliphatic heterocycles. The second kappa shape index (κ2) is 8.49. The molecule has 0 saturated carbocycles. The van der Waals surface area contributed by atoms with E-state index < -0.39 is 5.97 Å². The number of hydrogen-bond donors (Lipinski definition) is 2. The SMILES string of the molecule is CCOc1ccccc1-n1nc(C(C)(C)C)cc1Nc1ccc(OC)cc1C(=O)O. The van der Waals surface area contributed by atoms with Crippen LogP contribution in [0.1, 0.15) is 43.7 Å². The molecule has 1 aromatic heterocycles. The zero-order chi connectivity index (χ0) is 21.9. The zero-order valence-electron chi connectivity index (χ0n) is 17.9. The van der Waals surface area contributed by atoms with Crippen LogP contribution in [0.25, 0.3) is 5.69 Å². The second-order valence-electron chi connectivity index (χ2n) is 7.82. The standard InChI is InChI=1S/C23H27N3O4/c1-6-30-19-10-8-7-9-18(19)26-21(14-20(25-26)23(2,3)4)24-17-12-11-15(29-5)13-16(17)22(27)28/h7-14,24H,6H2,1-5H3,(H,27,28). The number of nitrogens with zero attached hydrogens (tertiary/aromatic N) is 2. The van der Waals surface area contributed by atoms with Crippen molar-refractivity contribution in [1.29, 1.82) is 0 Å². The van der Waals surface area contributed by atoms with Crippen LogP contribution in [0, 0.1) is 0 Å². The molecular weight excluding hydrogens is 382 g/mol. The largest absolute Gasteiger partial charge is 0.497 e. The minimum Gasteiger partial charge on any atom is -0.497 e. The predicted octanol–water partition coefficient (Wildman–Crippen LogP) is 5.02. The van der Waals surface area contributed by atoms with E-state index in [1.807, 2.05) is 37.3 Å². The predicted molar refractivity (Wildman–Crippen MR) is 117 cm³/mol. The lowest BCUT2D eigenvalue weighted by Gasteiger charge is -2.15. The number of methoxy groups -OCH3 is 1. The van der Waals surface area contributed by atoms with Crippen LogP contribution in [0.2, 0.25) is 0 Å². The number of para-hydroxylation sites is 2. The first-order valence-electron chi connectivity index (χ1n) is 9.75. The van der Waals surface area contributed by atoms with Crippen LogP contribution in [0.3, 0.4) is 0 Å². The Morgan fingerprint density at radius 2 is 1.90 bits per heavy atom. The Kier molecular flexibility index (Phi) is 6.01. The lowest BCUT2D eigenvalue weighted by Crippen LogP contribution is -2.13. The normalized spacial score (nSPS) is 11.2. The van der Waals surface area contributed by atoms with Crippen LogP contribution in [-0.4, -0.2) is 34.6 Å². The number of aromatic carboxylic acids is 1. The highest BCUT2D eigenvalue weighted by Gasteiger charge is 2.23. The molecule has 0 radical (unpaired) electrons. The van der Waals surface area contributed by atoms with Crippen molar-refractivity contribution >= 4 is 17.5 Å². The summed E-state index contributed by atoms with van der Waals surface area (Å²) in [6, 6.07) is 14.4. The highest BCUT2D eigenvalue weighted by Crippen LogP contribution is 2.33. The Labute approximate surface area is 176 Å². The van der Waals surface area contributed by atoms with Crippen LogP contribution in [-0.2, 0) is 5.41 Å². The number of benzene rings is 2. The van der Waals surface area contributed by atoms with Gasteiger partial charge in [-0.3, -0.25) is 0 Å². The van der Waals surface area contributed by atoms with Crippen LogP contribution in [0.4, 0.5) is 11.5 Å². The fraction of sp³-hybridized carbons (Fsp3) is 0.304. The highest BCUT2D eigenvalue weighted by molar-refractivity contribution is 5.95. The first-order valence-corrected chi connectivity index (χ1v) is 9.75. The van der Waals surface area contributed by atoms with Crippen molar-refractivity contribution in [3.63, 3.8) is 0 Å². The van der Waals surface area contributed by atoms with Crippen molar-refractivity contribution in [3.8, 4) is 17.2 Å².